The molecule has 1 rings (SSSR count). The Hall–Kier alpha value is -1.54. The molecule has 1 aromatic rings. The SMILES string of the molecule is O=C(N[C@@H](CO)C(=O)O)c1csnn1. The summed E-state index contributed by atoms with van der Waals surface area (Å²) < 4.78 is 3.44. The number of aliphatic carboxylic acids is 1. The van der Waals surface area contributed by atoms with E-state index < -0.39 is 24.5 Å². The van der Waals surface area contributed by atoms with Gasteiger partial charge in [0, 0.05) is 5.38 Å². The Morgan fingerprint density at radius 2 is 2.36 bits per heavy atom. The summed E-state index contributed by atoms with van der Waals surface area (Å²) in [7, 11) is 0. The highest BCUT2D eigenvalue weighted by molar-refractivity contribution is 7.03. The Morgan fingerprint density at radius 1 is 1.64 bits per heavy atom. The van der Waals surface area contributed by atoms with Crippen LogP contribution in [0.5, 0.6) is 0 Å². The molecule has 0 saturated heterocycles. The van der Waals surface area contributed by atoms with Crippen molar-refractivity contribution < 1.29 is 19.8 Å². The van der Waals surface area contributed by atoms with Crippen molar-refractivity contribution in [3.05, 3.63) is 11.1 Å². The maximum Gasteiger partial charge on any atom is 0.328 e. The summed E-state index contributed by atoms with van der Waals surface area (Å²) in [6, 6.07) is -1.32. The van der Waals surface area contributed by atoms with Crippen molar-refractivity contribution >= 4 is 23.4 Å². The van der Waals surface area contributed by atoms with Crippen molar-refractivity contribution in [1.82, 2.24) is 14.9 Å². The first-order valence-electron chi connectivity index (χ1n) is 3.56. The van der Waals surface area contributed by atoms with Gasteiger partial charge in [-0.1, -0.05) is 4.49 Å². The van der Waals surface area contributed by atoms with Gasteiger partial charge in [-0.05, 0) is 11.5 Å². The van der Waals surface area contributed by atoms with Crippen LogP contribution in [0.4, 0.5) is 0 Å². The Balaban J connectivity index is 2.60. The van der Waals surface area contributed by atoms with Gasteiger partial charge in [0.2, 0.25) is 0 Å². The van der Waals surface area contributed by atoms with Gasteiger partial charge in [-0.3, -0.25) is 4.79 Å². The highest BCUT2D eigenvalue weighted by atomic mass is 32.1. The van der Waals surface area contributed by atoms with Gasteiger partial charge in [0.25, 0.3) is 5.91 Å². The van der Waals surface area contributed by atoms with Crippen LogP contribution in [0.2, 0.25) is 0 Å². The molecule has 8 heteroatoms. The maximum atomic E-state index is 11.2. The fraction of sp³-hybridized carbons (Fsp3) is 0.333. The average molecular weight is 217 g/mol. The molecule has 0 unspecified atom stereocenters. The summed E-state index contributed by atoms with van der Waals surface area (Å²) in [5.74, 6) is -1.97. The lowest BCUT2D eigenvalue weighted by molar-refractivity contribution is -0.140. The van der Waals surface area contributed by atoms with Gasteiger partial charge >= 0.3 is 5.97 Å². The van der Waals surface area contributed by atoms with E-state index in [1.807, 2.05) is 0 Å². The molecule has 0 aliphatic carbocycles. The molecule has 0 radical (unpaired) electrons. The van der Waals surface area contributed by atoms with Gasteiger partial charge < -0.3 is 15.5 Å². The highest BCUT2D eigenvalue weighted by Gasteiger charge is 2.20. The quantitative estimate of drug-likeness (QED) is 0.578. The first-order chi connectivity index (χ1) is 6.65. The molecule has 14 heavy (non-hydrogen) atoms. The van der Waals surface area contributed by atoms with Crippen LogP contribution >= 0.6 is 11.5 Å². The van der Waals surface area contributed by atoms with E-state index in [-0.39, 0.29) is 5.69 Å². The molecular weight excluding hydrogens is 210 g/mol. The zero-order chi connectivity index (χ0) is 10.6. The normalized spacial score (nSPS) is 12.1. The lowest BCUT2D eigenvalue weighted by atomic mass is 10.3. The second-order valence-corrected chi connectivity index (χ2v) is 2.95. The molecule has 0 aliphatic heterocycles. The lowest BCUT2D eigenvalue weighted by Crippen LogP contribution is -2.43. The third-order valence-corrected chi connectivity index (χ3v) is 1.88. The lowest BCUT2D eigenvalue weighted by Gasteiger charge is -2.09. The van der Waals surface area contributed by atoms with E-state index >= 15 is 0 Å². The van der Waals surface area contributed by atoms with Crippen molar-refractivity contribution in [3.8, 4) is 0 Å². The number of hydrogen-bond donors (Lipinski definition) is 3. The number of amides is 1. The summed E-state index contributed by atoms with van der Waals surface area (Å²) >= 11 is 0.979. The molecule has 0 aliphatic rings. The summed E-state index contributed by atoms with van der Waals surface area (Å²) in [6.45, 7) is -0.668. The Morgan fingerprint density at radius 3 is 2.79 bits per heavy atom. The van der Waals surface area contributed by atoms with E-state index in [4.69, 9.17) is 10.2 Å². The van der Waals surface area contributed by atoms with E-state index in [9.17, 15) is 9.59 Å². The molecule has 1 atom stereocenters. The molecule has 3 N–H and O–H groups in total. The van der Waals surface area contributed by atoms with Gasteiger partial charge in [0.1, 0.15) is 0 Å². The number of hydrogen-bond acceptors (Lipinski definition) is 6. The van der Waals surface area contributed by atoms with Crippen LogP contribution < -0.4 is 5.32 Å². The molecule has 1 aromatic heterocycles. The minimum atomic E-state index is -1.32. The fourth-order valence-corrected chi connectivity index (χ4v) is 1.12. The minimum Gasteiger partial charge on any atom is -0.480 e. The number of rotatable bonds is 4. The monoisotopic (exact) mass is 217 g/mol. The van der Waals surface area contributed by atoms with Crippen LogP contribution in [-0.4, -0.2) is 44.3 Å². The van der Waals surface area contributed by atoms with Crippen LogP contribution in [0.3, 0.4) is 0 Å². The first-order valence-corrected chi connectivity index (χ1v) is 4.40. The molecule has 0 fully saturated rings. The van der Waals surface area contributed by atoms with Crippen molar-refractivity contribution in [1.29, 1.82) is 0 Å². The van der Waals surface area contributed by atoms with E-state index in [0.29, 0.717) is 0 Å². The smallest absolute Gasteiger partial charge is 0.328 e. The topological polar surface area (TPSA) is 112 Å². The predicted octanol–water partition coefficient (Wildman–Crippen LogP) is -1.29. The second kappa shape index (κ2) is 4.63. The molecule has 76 valence electrons. The molecule has 0 saturated carbocycles. The third-order valence-electron chi connectivity index (χ3n) is 1.38. The van der Waals surface area contributed by atoms with E-state index in [2.05, 4.69) is 14.9 Å². The van der Waals surface area contributed by atoms with Crippen LogP contribution in [0.1, 0.15) is 10.5 Å². The summed E-state index contributed by atoms with van der Waals surface area (Å²) in [5.41, 5.74) is 0.0368. The number of nitrogens with one attached hydrogen (secondary N) is 1. The van der Waals surface area contributed by atoms with Gasteiger partial charge in [0.05, 0.1) is 6.61 Å². The first kappa shape index (κ1) is 10.5. The molecule has 0 bridgehead atoms. The largest absolute Gasteiger partial charge is 0.480 e. The summed E-state index contributed by atoms with van der Waals surface area (Å²) in [4.78, 5) is 21.6. The molecule has 1 heterocycles. The van der Waals surface area contributed by atoms with E-state index in [1.165, 1.54) is 5.38 Å². The number of carbonyl (C=O) groups excluding carboxylic acids is 1. The fourth-order valence-electron chi connectivity index (χ4n) is 0.681. The van der Waals surface area contributed by atoms with Gasteiger partial charge in [0.15, 0.2) is 11.7 Å². The molecule has 7 nitrogen and oxygen atoms in total. The Kier molecular flexibility index (Phi) is 3.48. The molecule has 0 spiro atoms. The van der Waals surface area contributed by atoms with Crippen LogP contribution in [0.15, 0.2) is 5.38 Å². The maximum absolute atomic E-state index is 11.2. The van der Waals surface area contributed by atoms with E-state index in [1.54, 1.807) is 0 Å². The van der Waals surface area contributed by atoms with Crippen molar-refractivity contribution in [2.75, 3.05) is 6.61 Å². The number of carboxylic acid groups (broad SMARTS) is 1. The zero-order valence-electron chi connectivity index (χ0n) is 6.88. The Labute approximate surface area is 82.5 Å². The molecular formula is C6H7N3O4S. The van der Waals surface area contributed by atoms with Crippen LogP contribution in [-0.2, 0) is 4.79 Å². The van der Waals surface area contributed by atoms with Crippen molar-refractivity contribution in [2.45, 2.75) is 6.04 Å². The Bertz CT molecular complexity index is 326. The van der Waals surface area contributed by atoms with Gasteiger partial charge in [-0.25, -0.2) is 4.79 Å². The molecule has 1 amide bonds. The minimum absolute atomic E-state index is 0.0368. The number of carbonyl (C=O) groups is 2. The predicted molar refractivity (Wildman–Crippen MR) is 45.9 cm³/mol. The summed E-state index contributed by atoms with van der Waals surface area (Å²) in [6.07, 6.45) is 0. The third kappa shape index (κ3) is 2.47. The zero-order valence-corrected chi connectivity index (χ0v) is 7.69. The van der Waals surface area contributed by atoms with Gasteiger partial charge in [-0.15, -0.1) is 5.10 Å². The second-order valence-electron chi connectivity index (χ2n) is 2.34. The van der Waals surface area contributed by atoms with E-state index in [0.717, 1.165) is 11.5 Å². The number of aliphatic hydroxyl groups is 1. The highest BCUT2D eigenvalue weighted by Crippen LogP contribution is 1.97. The van der Waals surface area contributed by atoms with Crippen LogP contribution in [0.25, 0.3) is 0 Å². The number of aliphatic hydroxyl groups excluding tert-OH is 1. The average Bonchev–Trinajstić information content (AvgIpc) is 2.65. The van der Waals surface area contributed by atoms with Crippen molar-refractivity contribution in [2.24, 2.45) is 0 Å². The molecule has 0 aromatic carbocycles. The number of aromatic nitrogens is 2. The van der Waals surface area contributed by atoms with Gasteiger partial charge in [-0.2, -0.15) is 0 Å². The van der Waals surface area contributed by atoms with Crippen molar-refractivity contribution in [3.63, 3.8) is 0 Å². The van der Waals surface area contributed by atoms with Crippen LogP contribution in [0, 0.1) is 0 Å². The summed E-state index contributed by atoms with van der Waals surface area (Å²) in [5, 5.41) is 24.0. The number of carboxylic acids is 1. The number of nitrogens with zero attached hydrogens (tertiary/aromatic N) is 2. The standard InChI is InChI=1S/C6H7N3O4S/c10-1-3(6(12)13)7-5(11)4-2-14-9-8-4/h2-3,10H,1H2,(H,7,11)(H,12,13)/t3-/m0/s1.